The van der Waals surface area contributed by atoms with Crippen molar-refractivity contribution in [3.05, 3.63) is 78.2 Å². The van der Waals surface area contributed by atoms with Crippen LogP contribution in [0.5, 0.6) is 11.5 Å². The molecule has 4 aromatic rings. The van der Waals surface area contributed by atoms with Crippen molar-refractivity contribution >= 4 is 27.7 Å². The number of hydrogen-bond donors (Lipinski definition) is 0. The number of imide groups is 1. The van der Waals surface area contributed by atoms with E-state index in [1.54, 1.807) is 23.6 Å². The van der Waals surface area contributed by atoms with Crippen LogP contribution in [-0.2, 0) is 32.1 Å². The Morgan fingerprint density at radius 2 is 1.72 bits per heavy atom. The highest BCUT2D eigenvalue weighted by molar-refractivity contribution is 7.91. The Kier molecular flexibility index (Phi) is 11.6. The first-order valence-electron chi connectivity index (χ1n) is 19.0. The average Bonchev–Trinajstić information content (AvgIpc) is 3.74. The third-order valence-corrected chi connectivity index (χ3v) is 12.8. The molecule has 3 fully saturated rings. The predicted octanol–water partition coefficient (Wildman–Crippen LogP) is 6.02. The Hall–Kier alpha value is -5.43. The topological polar surface area (TPSA) is 178 Å². The predicted molar refractivity (Wildman–Crippen MR) is 199 cm³/mol. The zero-order valence-electron chi connectivity index (χ0n) is 31.9. The van der Waals surface area contributed by atoms with Gasteiger partial charge in [0.25, 0.3) is 11.8 Å². The number of nitrogens with zero attached hydrogens (tertiary/aromatic N) is 7. The molecule has 4 amide bonds. The van der Waals surface area contributed by atoms with Gasteiger partial charge in [-0.1, -0.05) is 31.1 Å². The van der Waals surface area contributed by atoms with Crippen LogP contribution >= 0.6 is 0 Å². The first-order valence-corrected chi connectivity index (χ1v) is 20.6. The van der Waals surface area contributed by atoms with Gasteiger partial charge in [-0.3, -0.25) is 14.5 Å². The molecule has 0 atom stereocenters. The number of sulfone groups is 1. The van der Waals surface area contributed by atoms with Gasteiger partial charge in [0.2, 0.25) is 11.7 Å². The highest BCUT2D eigenvalue weighted by atomic mass is 32.2. The summed E-state index contributed by atoms with van der Waals surface area (Å²) in [6, 6.07) is 7.98. The number of alkyl halides is 3. The Balaban J connectivity index is 1.11. The Morgan fingerprint density at radius 3 is 2.41 bits per heavy atom. The molecule has 58 heavy (non-hydrogen) atoms. The minimum atomic E-state index is -4.93. The molecule has 0 bridgehead atoms. The third-order valence-electron chi connectivity index (χ3n) is 10.7. The first-order chi connectivity index (χ1) is 27.7. The fourth-order valence-electron chi connectivity index (χ4n) is 7.72. The number of urea groups is 1. The number of aromatic nitrogens is 4. The van der Waals surface area contributed by atoms with Gasteiger partial charge in [-0.25, -0.2) is 23.2 Å². The first kappa shape index (κ1) is 40.8. The van der Waals surface area contributed by atoms with Gasteiger partial charge in [0.15, 0.2) is 9.84 Å². The maximum Gasteiger partial charge on any atom is 0.420 e. The van der Waals surface area contributed by atoms with E-state index in [1.807, 2.05) is 0 Å². The van der Waals surface area contributed by atoms with Gasteiger partial charge in [-0.05, 0) is 74.3 Å². The molecule has 0 aliphatic carbocycles. The summed E-state index contributed by atoms with van der Waals surface area (Å²) in [4.78, 5) is 57.7. The second kappa shape index (κ2) is 16.4. The molecule has 19 heteroatoms. The summed E-state index contributed by atoms with van der Waals surface area (Å²) in [6.45, 7) is 4.91. The molecule has 3 aliphatic rings. The molecule has 7 rings (SSSR count). The molecule has 0 saturated carbocycles. The van der Waals surface area contributed by atoms with Crippen molar-refractivity contribution in [2.45, 2.75) is 69.1 Å². The number of amides is 4. The van der Waals surface area contributed by atoms with Crippen LogP contribution in [0.3, 0.4) is 0 Å². The van der Waals surface area contributed by atoms with E-state index < -0.39 is 51.3 Å². The van der Waals surface area contributed by atoms with Crippen LogP contribution in [0.15, 0.2) is 70.6 Å². The van der Waals surface area contributed by atoms with Crippen LogP contribution in [0.1, 0.15) is 67.8 Å². The molecule has 2 aromatic heterocycles. The van der Waals surface area contributed by atoms with Gasteiger partial charge in [-0.2, -0.15) is 18.2 Å². The number of hydrogen-bond acceptors (Lipinski definition) is 12. The lowest BCUT2D eigenvalue weighted by atomic mass is 9.85. The molecular weight excluding hydrogens is 784 g/mol. The normalized spacial score (nSPS) is 17.8. The van der Waals surface area contributed by atoms with E-state index in [-0.39, 0.29) is 71.4 Å². The fraction of sp³-hybridized carbons (Fsp3) is 0.462. The Labute approximate surface area is 332 Å². The second-order valence-electron chi connectivity index (χ2n) is 15.1. The number of para-hydroxylation sites is 1. The molecule has 3 aliphatic heterocycles. The molecule has 3 saturated heterocycles. The molecule has 15 nitrogen and oxygen atoms in total. The van der Waals surface area contributed by atoms with Crippen molar-refractivity contribution in [2.75, 3.05) is 38.6 Å². The summed E-state index contributed by atoms with van der Waals surface area (Å²) < 4.78 is 86.0. The van der Waals surface area contributed by atoms with Crippen LogP contribution in [0, 0.1) is 11.8 Å². The van der Waals surface area contributed by atoms with Crippen LogP contribution in [0.25, 0.3) is 11.4 Å². The second-order valence-corrected chi connectivity index (χ2v) is 17.1. The molecule has 2 aromatic carbocycles. The molecule has 0 radical (unpaired) electrons. The number of halogens is 3. The van der Waals surface area contributed by atoms with Crippen molar-refractivity contribution in [1.29, 1.82) is 0 Å². The van der Waals surface area contributed by atoms with E-state index in [0.717, 1.165) is 29.9 Å². The zero-order chi connectivity index (χ0) is 41.2. The number of carbonyl (C=O) groups is 3. The number of benzene rings is 2. The van der Waals surface area contributed by atoms with Crippen molar-refractivity contribution in [3.8, 4) is 22.9 Å². The lowest BCUT2D eigenvalue weighted by molar-refractivity contribution is -0.138. The molecule has 5 heterocycles. The average molecular weight is 826 g/mol. The lowest BCUT2D eigenvalue weighted by Crippen LogP contribution is -2.57. The largest absolute Gasteiger partial charge is 0.455 e. The standard InChI is InChI=1S/C39H42F3N7O8S/c1-25(2)23-58(53,54)32-6-4-3-5-31(32)56-30-8-7-27(19-29(30)39(40,41)42)34-45-33(57-46-34)22-48-36(51)38(49(37(48)52)14-9-26-10-17-55-18-11-26)12-15-47(16-13-38)35(50)28-20-43-24-44-21-28/h3-8,19-21,24-26H,9-18,22-23H2,1-2H3. The number of likely N-dealkylation sites (tertiary alicyclic amines) is 1. The number of piperidine rings is 1. The molecule has 0 unspecified atom stereocenters. The van der Waals surface area contributed by atoms with Crippen LogP contribution in [0.4, 0.5) is 18.0 Å². The van der Waals surface area contributed by atoms with Gasteiger partial charge >= 0.3 is 12.2 Å². The molecule has 308 valence electrons. The lowest BCUT2D eigenvalue weighted by Gasteiger charge is -2.42. The van der Waals surface area contributed by atoms with Gasteiger partial charge in [-0.15, -0.1) is 0 Å². The van der Waals surface area contributed by atoms with Crippen LogP contribution in [-0.4, -0.2) is 105 Å². The summed E-state index contributed by atoms with van der Waals surface area (Å²) in [6.07, 6.45) is 1.88. The summed E-state index contributed by atoms with van der Waals surface area (Å²) in [7, 11) is -3.88. The highest BCUT2D eigenvalue weighted by Crippen LogP contribution is 2.42. The van der Waals surface area contributed by atoms with Crippen LogP contribution < -0.4 is 4.74 Å². The molecular formula is C39H42F3N7O8S. The van der Waals surface area contributed by atoms with Crippen molar-refractivity contribution < 1.29 is 50.0 Å². The highest BCUT2D eigenvalue weighted by Gasteiger charge is 2.58. The molecule has 0 N–H and O–H groups in total. The smallest absolute Gasteiger partial charge is 0.420 e. The Bertz CT molecular complexity index is 2260. The summed E-state index contributed by atoms with van der Waals surface area (Å²) in [5, 5.41) is 3.87. The third kappa shape index (κ3) is 8.41. The van der Waals surface area contributed by atoms with E-state index in [0.29, 0.717) is 37.7 Å². The minimum Gasteiger partial charge on any atom is -0.455 e. The van der Waals surface area contributed by atoms with E-state index in [2.05, 4.69) is 20.1 Å². The van der Waals surface area contributed by atoms with Crippen molar-refractivity contribution in [3.63, 3.8) is 0 Å². The SMILES string of the molecule is CC(C)CS(=O)(=O)c1ccccc1Oc1ccc(-c2noc(CN3C(=O)N(CCC4CCOCC4)C4(CCN(C(=O)c5cncnc5)CC4)C3=O)n2)cc1C(F)(F)F. The summed E-state index contributed by atoms with van der Waals surface area (Å²) in [5.74, 6) is -2.28. The summed E-state index contributed by atoms with van der Waals surface area (Å²) >= 11 is 0. The van der Waals surface area contributed by atoms with E-state index in [9.17, 15) is 36.0 Å². The number of rotatable bonds is 12. The quantitative estimate of drug-likeness (QED) is 0.152. The zero-order valence-corrected chi connectivity index (χ0v) is 32.7. The number of ether oxygens (including phenoxy) is 2. The maximum absolute atomic E-state index is 14.5. The van der Waals surface area contributed by atoms with E-state index >= 15 is 0 Å². The van der Waals surface area contributed by atoms with Crippen molar-refractivity contribution in [1.82, 2.24) is 34.8 Å². The monoisotopic (exact) mass is 825 g/mol. The van der Waals surface area contributed by atoms with Gasteiger partial charge in [0.1, 0.15) is 34.8 Å². The van der Waals surface area contributed by atoms with Crippen molar-refractivity contribution in [2.24, 2.45) is 11.8 Å². The van der Waals surface area contributed by atoms with Crippen LogP contribution in [0.2, 0.25) is 0 Å². The summed E-state index contributed by atoms with van der Waals surface area (Å²) in [5.41, 5.74) is -2.26. The van der Waals surface area contributed by atoms with Gasteiger partial charge in [0, 0.05) is 50.8 Å². The van der Waals surface area contributed by atoms with Gasteiger partial charge < -0.3 is 23.8 Å². The number of carbonyl (C=O) groups excluding carboxylic acids is 3. The van der Waals surface area contributed by atoms with E-state index in [4.69, 9.17) is 14.0 Å². The minimum absolute atomic E-state index is 0.107. The molecule has 1 spiro atoms. The Morgan fingerprint density at radius 1 is 1.02 bits per heavy atom. The fourth-order valence-corrected chi connectivity index (χ4v) is 9.48. The maximum atomic E-state index is 14.5. The van der Waals surface area contributed by atoms with E-state index in [1.165, 1.54) is 49.1 Å². The van der Waals surface area contributed by atoms with Gasteiger partial charge in [0.05, 0.1) is 16.9 Å².